The SMILES string of the molecule is Cc1[nH]nc(CCC(=O)N2CCCC(C(=O)c3ccccn3)C2)c1C. The number of hydrogen-bond acceptors (Lipinski definition) is 4. The van der Waals surface area contributed by atoms with Crippen molar-refractivity contribution in [1.82, 2.24) is 20.1 Å². The highest BCUT2D eigenvalue weighted by atomic mass is 16.2. The summed E-state index contributed by atoms with van der Waals surface area (Å²) in [4.78, 5) is 31.1. The highest BCUT2D eigenvalue weighted by Crippen LogP contribution is 2.21. The molecule has 0 aliphatic carbocycles. The van der Waals surface area contributed by atoms with Crippen LogP contribution in [-0.4, -0.2) is 44.9 Å². The van der Waals surface area contributed by atoms with E-state index in [-0.39, 0.29) is 17.6 Å². The molecule has 25 heavy (non-hydrogen) atoms. The molecule has 3 rings (SSSR count). The summed E-state index contributed by atoms with van der Waals surface area (Å²) in [6, 6.07) is 5.36. The van der Waals surface area contributed by atoms with Gasteiger partial charge in [0, 0.05) is 43.7 Å². The topological polar surface area (TPSA) is 79.0 Å². The molecule has 2 aromatic heterocycles. The van der Waals surface area contributed by atoms with Crippen molar-refractivity contribution in [3.05, 3.63) is 47.0 Å². The molecular formula is C19H24N4O2. The number of amides is 1. The van der Waals surface area contributed by atoms with Crippen molar-refractivity contribution in [2.45, 2.75) is 39.5 Å². The lowest BCUT2D eigenvalue weighted by atomic mass is 9.91. The maximum Gasteiger partial charge on any atom is 0.222 e. The third-order valence-electron chi connectivity index (χ3n) is 4.99. The van der Waals surface area contributed by atoms with Crippen LogP contribution in [0.5, 0.6) is 0 Å². The van der Waals surface area contributed by atoms with Crippen molar-refractivity contribution >= 4 is 11.7 Å². The number of H-pyrrole nitrogens is 1. The molecule has 1 fully saturated rings. The summed E-state index contributed by atoms with van der Waals surface area (Å²) in [5, 5.41) is 7.21. The highest BCUT2D eigenvalue weighted by molar-refractivity contribution is 5.96. The summed E-state index contributed by atoms with van der Waals surface area (Å²) in [5.74, 6) is -0.0163. The van der Waals surface area contributed by atoms with Gasteiger partial charge in [-0.25, -0.2) is 0 Å². The van der Waals surface area contributed by atoms with Gasteiger partial charge in [-0.05, 0) is 44.4 Å². The van der Waals surface area contributed by atoms with Gasteiger partial charge in [0.25, 0.3) is 0 Å². The molecule has 0 saturated carbocycles. The number of carbonyl (C=O) groups is 2. The lowest BCUT2D eigenvalue weighted by Crippen LogP contribution is -2.42. The Morgan fingerprint density at radius 1 is 1.32 bits per heavy atom. The standard InChI is InChI=1S/C19H24N4O2/c1-13-14(2)21-22-16(13)8-9-18(24)23-11-5-6-15(12-23)19(25)17-7-3-4-10-20-17/h3-4,7,10,15H,5-6,8-9,11-12H2,1-2H3,(H,21,22). The predicted molar refractivity (Wildman–Crippen MR) is 94.3 cm³/mol. The Balaban J connectivity index is 1.58. The van der Waals surface area contributed by atoms with E-state index in [1.54, 1.807) is 18.3 Å². The number of likely N-dealkylation sites (tertiary alicyclic amines) is 1. The smallest absolute Gasteiger partial charge is 0.222 e. The number of aromatic nitrogens is 3. The zero-order valence-corrected chi connectivity index (χ0v) is 14.8. The minimum atomic E-state index is -0.151. The molecule has 0 radical (unpaired) electrons. The van der Waals surface area contributed by atoms with Crippen LogP contribution in [0.2, 0.25) is 0 Å². The first-order valence-electron chi connectivity index (χ1n) is 8.79. The van der Waals surface area contributed by atoms with Gasteiger partial charge in [-0.15, -0.1) is 0 Å². The van der Waals surface area contributed by atoms with Crippen LogP contribution in [0.4, 0.5) is 0 Å². The van der Waals surface area contributed by atoms with Crippen LogP contribution < -0.4 is 0 Å². The highest BCUT2D eigenvalue weighted by Gasteiger charge is 2.29. The number of rotatable bonds is 5. The molecule has 1 unspecified atom stereocenters. The normalized spacial score (nSPS) is 17.5. The Bertz CT molecular complexity index is 754. The van der Waals surface area contributed by atoms with Gasteiger partial charge >= 0.3 is 0 Å². The van der Waals surface area contributed by atoms with Crippen LogP contribution in [0.3, 0.4) is 0 Å². The molecule has 0 aromatic carbocycles. The second-order valence-electron chi connectivity index (χ2n) is 6.68. The molecule has 1 aliphatic rings. The molecule has 132 valence electrons. The van der Waals surface area contributed by atoms with Gasteiger partial charge < -0.3 is 4.90 Å². The molecule has 1 N–H and O–H groups in total. The zero-order valence-electron chi connectivity index (χ0n) is 14.8. The fraction of sp³-hybridized carbons (Fsp3) is 0.474. The van der Waals surface area contributed by atoms with Crippen molar-refractivity contribution in [2.24, 2.45) is 5.92 Å². The lowest BCUT2D eigenvalue weighted by Gasteiger charge is -2.32. The van der Waals surface area contributed by atoms with Crippen molar-refractivity contribution in [1.29, 1.82) is 0 Å². The molecular weight excluding hydrogens is 316 g/mol. The van der Waals surface area contributed by atoms with Crippen LogP contribution in [0.25, 0.3) is 0 Å². The van der Waals surface area contributed by atoms with E-state index in [1.165, 1.54) is 0 Å². The van der Waals surface area contributed by atoms with Crippen LogP contribution in [-0.2, 0) is 11.2 Å². The minimum absolute atomic E-state index is 0.0388. The molecule has 1 aliphatic heterocycles. The van der Waals surface area contributed by atoms with Gasteiger partial charge in [0.2, 0.25) is 5.91 Å². The molecule has 1 saturated heterocycles. The van der Waals surface area contributed by atoms with Crippen LogP contribution >= 0.6 is 0 Å². The minimum Gasteiger partial charge on any atom is -0.342 e. The number of aryl methyl sites for hydroxylation is 2. The first-order chi connectivity index (χ1) is 12.1. The molecule has 6 heteroatoms. The van der Waals surface area contributed by atoms with Crippen molar-refractivity contribution in [3.8, 4) is 0 Å². The number of nitrogens with one attached hydrogen (secondary N) is 1. The van der Waals surface area contributed by atoms with Gasteiger partial charge in [-0.2, -0.15) is 5.10 Å². The second-order valence-corrected chi connectivity index (χ2v) is 6.68. The second kappa shape index (κ2) is 7.59. The number of pyridine rings is 1. The van der Waals surface area contributed by atoms with E-state index in [1.807, 2.05) is 24.8 Å². The van der Waals surface area contributed by atoms with Gasteiger partial charge in [-0.3, -0.25) is 19.7 Å². The summed E-state index contributed by atoms with van der Waals surface area (Å²) in [6.45, 7) is 5.21. The Morgan fingerprint density at radius 2 is 2.16 bits per heavy atom. The Hall–Kier alpha value is -2.50. The predicted octanol–water partition coefficient (Wildman–Crippen LogP) is 2.48. The van der Waals surface area contributed by atoms with Crippen molar-refractivity contribution in [2.75, 3.05) is 13.1 Å². The average molecular weight is 340 g/mol. The van der Waals surface area contributed by atoms with Crippen molar-refractivity contribution < 1.29 is 9.59 Å². The van der Waals surface area contributed by atoms with E-state index < -0.39 is 0 Å². The molecule has 3 heterocycles. The molecule has 0 bridgehead atoms. The maximum atomic E-state index is 12.6. The molecule has 1 amide bonds. The van der Waals surface area contributed by atoms with E-state index in [0.717, 1.165) is 36.3 Å². The van der Waals surface area contributed by atoms with E-state index >= 15 is 0 Å². The van der Waals surface area contributed by atoms with Crippen LogP contribution in [0.15, 0.2) is 24.4 Å². The van der Waals surface area contributed by atoms with Gasteiger partial charge in [0.15, 0.2) is 5.78 Å². The largest absolute Gasteiger partial charge is 0.342 e. The quantitative estimate of drug-likeness (QED) is 0.848. The molecule has 0 spiro atoms. The average Bonchev–Trinajstić information content (AvgIpc) is 2.98. The zero-order chi connectivity index (χ0) is 17.8. The maximum absolute atomic E-state index is 12.6. The van der Waals surface area contributed by atoms with Crippen molar-refractivity contribution in [3.63, 3.8) is 0 Å². The third-order valence-corrected chi connectivity index (χ3v) is 4.99. The van der Waals surface area contributed by atoms with Crippen LogP contribution in [0.1, 0.15) is 46.7 Å². The Kier molecular flexibility index (Phi) is 5.26. The number of nitrogens with zero attached hydrogens (tertiary/aromatic N) is 3. The molecule has 2 aromatic rings. The van der Waals surface area contributed by atoms with Gasteiger partial charge in [-0.1, -0.05) is 6.07 Å². The summed E-state index contributed by atoms with van der Waals surface area (Å²) in [6.07, 6.45) is 4.36. The van der Waals surface area contributed by atoms with Gasteiger partial charge in [0.05, 0.1) is 5.69 Å². The van der Waals surface area contributed by atoms with Gasteiger partial charge in [0.1, 0.15) is 5.69 Å². The number of hydrogen-bond donors (Lipinski definition) is 1. The molecule has 1 atom stereocenters. The number of aromatic amines is 1. The third kappa shape index (κ3) is 3.95. The summed E-state index contributed by atoms with van der Waals surface area (Å²) < 4.78 is 0. The number of Topliss-reactive ketones (excluding diaryl/α,β-unsaturated/α-hetero) is 1. The lowest BCUT2D eigenvalue weighted by molar-refractivity contribution is -0.132. The van der Waals surface area contributed by atoms with E-state index in [4.69, 9.17) is 0 Å². The van der Waals surface area contributed by atoms with E-state index in [0.29, 0.717) is 25.1 Å². The first-order valence-corrected chi connectivity index (χ1v) is 8.79. The Morgan fingerprint density at radius 3 is 2.84 bits per heavy atom. The van der Waals surface area contributed by atoms with E-state index in [2.05, 4.69) is 15.2 Å². The fourth-order valence-corrected chi connectivity index (χ4v) is 3.30. The van der Waals surface area contributed by atoms with Crippen LogP contribution in [0, 0.1) is 19.8 Å². The number of carbonyl (C=O) groups excluding carboxylic acids is 2. The first kappa shape index (κ1) is 17.3. The summed E-state index contributed by atoms with van der Waals surface area (Å²) in [5.41, 5.74) is 3.60. The fourth-order valence-electron chi connectivity index (χ4n) is 3.30. The number of piperidine rings is 1. The number of ketones is 1. The summed E-state index contributed by atoms with van der Waals surface area (Å²) in [7, 11) is 0. The Labute approximate surface area is 147 Å². The summed E-state index contributed by atoms with van der Waals surface area (Å²) >= 11 is 0. The monoisotopic (exact) mass is 340 g/mol. The molecule has 6 nitrogen and oxygen atoms in total. The van der Waals surface area contributed by atoms with E-state index in [9.17, 15) is 9.59 Å².